The van der Waals surface area contributed by atoms with Crippen LogP contribution in [0.1, 0.15) is 91.9 Å². The highest BCUT2D eigenvalue weighted by molar-refractivity contribution is 7.60. The molecule has 0 radical (unpaired) electrons. The number of hydrogen-bond donors (Lipinski definition) is 0. The zero-order chi connectivity index (χ0) is 16.8. The zero-order valence-electron chi connectivity index (χ0n) is 16.6. The molecule has 4 rings (SSSR count). The summed E-state index contributed by atoms with van der Waals surface area (Å²) in [4.78, 5) is 0. The molecule has 0 bridgehead atoms. The van der Waals surface area contributed by atoms with E-state index in [-0.39, 0.29) is 0 Å². The summed E-state index contributed by atoms with van der Waals surface area (Å²) in [5.74, 6) is 2.29. The first-order chi connectivity index (χ1) is 11.6. The third-order valence-corrected chi connectivity index (χ3v) is 16.3. The van der Waals surface area contributed by atoms with Crippen LogP contribution in [0.4, 0.5) is 0 Å². The van der Waals surface area contributed by atoms with Crippen LogP contribution in [0.15, 0.2) is 0 Å². The van der Waals surface area contributed by atoms with Crippen LogP contribution in [0, 0.1) is 11.8 Å². The second-order valence-electron chi connectivity index (χ2n) is 9.77. The van der Waals surface area contributed by atoms with Gasteiger partial charge in [0.25, 0.3) is 0 Å². The van der Waals surface area contributed by atoms with Gasteiger partial charge < -0.3 is 0 Å². The molecular weight excluding hydrogens is 326 g/mol. The van der Waals surface area contributed by atoms with Crippen molar-refractivity contribution in [3.05, 3.63) is 0 Å². The van der Waals surface area contributed by atoms with Crippen LogP contribution in [0.2, 0.25) is 0 Å². The average molecular weight is 367 g/mol. The quantitative estimate of drug-likeness (QED) is 0.456. The molecule has 0 aromatic heterocycles. The van der Waals surface area contributed by atoms with E-state index in [0.29, 0.717) is 15.8 Å². The summed E-state index contributed by atoms with van der Waals surface area (Å²) in [5.41, 5.74) is 6.65. The lowest BCUT2D eigenvalue weighted by molar-refractivity contribution is 0.354. The van der Waals surface area contributed by atoms with Gasteiger partial charge in [0.05, 0.1) is 0 Å². The summed E-state index contributed by atoms with van der Waals surface area (Å²) in [6, 6.07) is 0. The van der Waals surface area contributed by atoms with Crippen LogP contribution in [0.5, 0.6) is 0 Å². The van der Waals surface area contributed by atoms with Crippen molar-refractivity contribution < 1.29 is 0 Å². The molecule has 24 heavy (non-hydrogen) atoms. The third kappa shape index (κ3) is 3.15. The monoisotopic (exact) mass is 366 g/mol. The van der Waals surface area contributed by atoms with Gasteiger partial charge in [-0.05, 0) is 97.2 Å². The van der Waals surface area contributed by atoms with Gasteiger partial charge in [-0.1, -0.05) is 56.4 Å². The second kappa shape index (κ2) is 7.47. The van der Waals surface area contributed by atoms with Crippen molar-refractivity contribution in [3.63, 3.8) is 0 Å². The molecule has 0 N–H and O–H groups in total. The maximum atomic E-state index is 2.61. The lowest BCUT2D eigenvalue weighted by Crippen LogP contribution is -2.30. The smallest absolute Gasteiger partial charge is 0.0173 e. The first-order valence-corrected chi connectivity index (χ1v) is 14.2. The molecule has 2 aliphatic carbocycles. The van der Waals surface area contributed by atoms with Gasteiger partial charge in [-0.15, -0.1) is 0 Å². The van der Waals surface area contributed by atoms with Crippen LogP contribution >= 0.6 is 15.8 Å². The van der Waals surface area contributed by atoms with Gasteiger partial charge in [-0.2, -0.15) is 0 Å². The number of hydrogen-bond acceptors (Lipinski definition) is 0. The molecule has 2 heteroatoms. The molecule has 4 aliphatic rings. The third-order valence-electron chi connectivity index (χ3n) is 8.42. The fourth-order valence-electron chi connectivity index (χ4n) is 7.41. The SMILES string of the molecule is C[C@@H]1CC[C@@H](C)P1[C@@H]1CCCC1C1CCC[C@H]1P1[C@H](C)CC[C@H]1C. The minimum absolute atomic E-state index is 0.330. The van der Waals surface area contributed by atoms with Crippen LogP contribution in [0.3, 0.4) is 0 Å². The zero-order valence-corrected chi connectivity index (χ0v) is 18.4. The molecule has 2 heterocycles. The van der Waals surface area contributed by atoms with E-state index in [4.69, 9.17) is 0 Å². The van der Waals surface area contributed by atoms with E-state index in [1.54, 1.807) is 64.2 Å². The largest absolute Gasteiger partial charge is 0.0974 e. The van der Waals surface area contributed by atoms with Crippen molar-refractivity contribution in [2.45, 2.75) is 126 Å². The van der Waals surface area contributed by atoms with Crippen molar-refractivity contribution >= 4 is 15.8 Å². The van der Waals surface area contributed by atoms with E-state index in [9.17, 15) is 0 Å². The van der Waals surface area contributed by atoms with E-state index >= 15 is 0 Å². The van der Waals surface area contributed by atoms with Gasteiger partial charge in [-0.3, -0.25) is 0 Å². The van der Waals surface area contributed by atoms with Crippen molar-refractivity contribution in [1.82, 2.24) is 0 Å². The van der Waals surface area contributed by atoms with Gasteiger partial charge in [0, 0.05) is 0 Å². The summed E-state index contributed by atoms with van der Waals surface area (Å²) in [6.45, 7) is 10.5. The molecular formula is C22H40P2. The lowest BCUT2D eigenvalue weighted by atomic mass is 9.89. The van der Waals surface area contributed by atoms with E-state index in [0.717, 1.165) is 34.5 Å². The summed E-state index contributed by atoms with van der Waals surface area (Å²) in [7, 11) is 0.659. The Labute approximate surface area is 153 Å². The van der Waals surface area contributed by atoms with Crippen LogP contribution in [0.25, 0.3) is 0 Å². The first kappa shape index (κ1) is 18.2. The van der Waals surface area contributed by atoms with Crippen LogP contribution < -0.4 is 0 Å². The Kier molecular flexibility index (Phi) is 5.67. The lowest BCUT2D eigenvalue weighted by Gasteiger charge is -2.40. The van der Waals surface area contributed by atoms with Crippen molar-refractivity contribution in [2.75, 3.05) is 0 Å². The van der Waals surface area contributed by atoms with Crippen molar-refractivity contribution in [3.8, 4) is 0 Å². The second-order valence-corrected chi connectivity index (χ2v) is 16.4. The molecule has 2 saturated heterocycles. The Hall–Kier alpha value is 0.860. The maximum absolute atomic E-state index is 2.61. The molecule has 2 aliphatic heterocycles. The summed E-state index contributed by atoms with van der Waals surface area (Å²) >= 11 is 0. The van der Waals surface area contributed by atoms with E-state index in [1.807, 2.05) is 0 Å². The van der Waals surface area contributed by atoms with Crippen molar-refractivity contribution in [1.29, 1.82) is 0 Å². The molecule has 2 unspecified atom stereocenters. The standard InChI is InChI=1S/C22H40P2/c1-15-11-12-16(2)23(15)21-9-5-7-19(21)20-8-6-10-22(20)24-17(3)13-14-18(24)4/h15-22H,5-14H2,1-4H3/t15-,16-,17-,18-,19?,20?,21-,22-/m1/s1. The Morgan fingerprint density at radius 1 is 0.458 bits per heavy atom. The Balaban J connectivity index is 1.53. The van der Waals surface area contributed by atoms with E-state index in [1.165, 1.54) is 11.3 Å². The minimum Gasteiger partial charge on any atom is -0.0974 e. The van der Waals surface area contributed by atoms with Crippen molar-refractivity contribution in [2.24, 2.45) is 11.8 Å². The minimum atomic E-state index is 0.330. The number of rotatable bonds is 3. The highest BCUT2D eigenvalue weighted by Gasteiger charge is 2.49. The molecule has 0 spiro atoms. The molecule has 0 aromatic carbocycles. The molecule has 138 valence electrons. The summed E-state index contributed by atoms with van der Waals surface area (Å²) < 4.78 is 0. The maximum Gasteiger partial charge on any atom is -0.0173 e. The average Bonchev–Trinajstić information content (AvgIpc) is 3.29. The Morgan fingerprint density at radius 3 is 1.12 bits per heavy atom. The predicted octanol–water partition coefficient (Wildman–Crippen LogP) is 7.43. The summed E-state index contributed by atoms with van der Waals surface area (Å²) in [5, 5.41) is 0. The molecule has 0 nitrogen and oxygen atoms in total. The molecule has 8 atom stereocenters. The fraction of sp³-hybridized carbons (Fsp3) is 1.00. The normalized spacial score (nSPS) is 51.0. The van der Waals surface area contributed by atoms with Crippen LogP contribution in [-0.2, 0) is 0 Å². The van der Waals surface area contributed by atoms with E-state index < -0.39 is 0 Å². The van der Waals surface area contributed by atoms with Gasteiger partial charge in [0.15, 0.2) is 0 Å². The van der Waals surface area contributed by atoms with Crippen LogP contribution in [-0.4, -0.2) is 34.0 Å². The Morgan fingerprint density at radius 2 is 0.792 bits per heavy atom. The summed E-state index contributed by atoms with van der Waals surface area (Å²) in [6.07, 6.45) is 15.8. The Bertz CT molecular complexity index is 376. The highest BCUT2D eigenvalue weighted by atomic mass is 31.1. The van der Waals surface area contributed by atoms with Gasteiger partial charge in [-0.25, -0.2) is 0 Å². The topological polar surface area (TPSA) is 0 Å². The van der Waals surface area contributed by atoms with Gasteiger partial charge in [0.1, 0.15) is 0 Å². The predicted molar refractivity (Wildman–Crippen MR) is 112 cm³/mol. The van der Waals surface area contributed by atoms with Gasteiger partial charge >= 0.3 is 0 Å². The molecule has 4 fully saturated rings. The molecule has 0 amide bonds. The van der Waals surface area contributed by atoms with Gasteiger partial charge in [0.2, 0.25) is 0 Å². The fourth-order valence-corrected chi connectivity index (χ4v) is 16.1. The molecule has 2 saturated carbocycles. The van der Waals surface area contributed by atoms with E-state index in [2.05, 4.69) is 27.7 Å². The highest BCUT2D eigenvalue weighted by Crippen LogP contribution is 2.69. The molecule has 0 aromatic rings. The first-order valence-electron chi connectivity index (χ1n) is 11.1.